The number of hydrogen-bond acceptors (Lipinski definition) is 3. The van der Waals surface area contributed by atoms with Gasteiger partial charge in [-0.15, -0.1) is 0 Å². The van der Waals surface area contributed by atoms with E-state index in [0.717, 1.165) is 0 Å². The number of amides is 1. The van der Waals surface area contributed by atoms with Gasteiger partial charge in [0.25, 0.3) is 0 Å². The first-order valence-electron chi connectivity index (χ1n) is 4.38. The minimum Gasteiger partial charge on any atom is -0.381 e. The molecule has 1 heterocycles. The molecule has 0 aliphatic carbocycles. The maximum absolute atomic E-state index is 11.1. The topological polar surface area (TPSA) is 72.9 Å². The highest BCUT2D eigenvalue weighted by molar-refractivity contribution is 6.32. The second kappa shape index (κ2) is 4.85. The van der Waals surface area contributed by atoms with Gasteiger partial charge in [-0.1, -0.05) is 11.6 Å². The summed E-state index contributed by atoms with van der Waals surface area (Å²) in [5.74, 6) is 0.292. The van der Waals surface area contributed by atoms with E-state index in [1.807, 2.05) is 6.92 Å². The molecule has 0 saturated heterocycles. The largest absolute Gasteiger partial charge is 0.381 e. The number of nitrogens with zero attached hydrogens (tertiary/aromatic N) is 2. The van der Waals surface area contributed by atoms with Gasteiger partial charge in [0.05, 0.1) is 0 Å². The van der Waals surface area contributed by atoms with E-state index in [4.69, 9.17) is 17.3 Å². The van der Waals surface area contributed by atoms with Crippen molar-refractivity contribution in [2.45, 2.75) is 19.9 Å². The Morgan fingerprint density at radius 3 is 3.00 bits per heavy atom. The van der Waals surface area contributed by atoms with Gasteiger partial charge < -0.3 is 11.1 Å². The molecule has 6 heteroatoms. The summed E-state index contributed by atoms with van der Waals surface area (Å²) in [5.41, 5.74) is 5.44. The molecule has 3 N–H and O–H groups in total. The number of nitrogens with one attached hydrogen (secondary N) is 1. The number of rotatable bonds is 4. The molecular formula is C8H13ClN4O. The molecule has 0 aliphatic rings. The summed E-state index contributed by atoms with van der Waals surface area (Å²) in [6, 6.07) is 0. The van der Waals surface area contributed by atoms with Crippen molar-refractivity contribution in [2.24, 2.45) is 0 Å². The maximum Gasteiger partial charge on any atom is 0.221 e. The molecule has 0 saturated carbocycles. The van der Waals surface area contributed by atoms with Crippen molar-refractivity contribution in [3.05, 3.63) is 11.2 Å². The molecule has 0 bridgehead atoms. The van der Waals surface area contributed by atoms with Crippen molar-refractivity contribution < 1.29 is 4.79 Å². The van der Waals surface area contributed by atoms with E-state index in [1.54, 1.807) is 10.9 Å². The molecule has 0 aliphatic heterocycles. The quantitative estimate of drug-likeness (QED) is 0.776. The minimum absolute atomic E-state index is 0.00214. The zero-order valence-corrected chi connectivity index (χ0v) is 8.71. The van der Waals surface area contributed by atoms with Gasteiger partial charge in [0, 0.05) is 25.7 Å². The Morgan fingerprint density at radius 2 is 2.50 bits per heavy atom. The van der Waals surface area contributed by atoms with Crippen LogP contribution in [0.5, 0.6) is 0 Å². The Morgan fingerprint density at radius 1 is 1.79 bits per heavy atom. The Kier molecular flexibility index (Phi) is 3.76. The predicted molar refractivity (Wildman–Crippen MR) is 55.0 cm³/mol. The summed E-state index contributed by atoms with van der Waals surface area (Å²) in [6.07, 6.45) is 1.99. The number of carbonyl (C=O) groups is 1. The van der Waals surface area contributed by atoms with Gasteiger partial charge in [0.15, 0.2) is 5.82 Å². The smallest absolute Gasteiger partial charge is 0.221 e. The molecule has 78 valence electrons. The van der Waals surface area contributed by atoms with Crippen LogP contribution < -0.4 is 11.1 Å². The third-order valence-corrected chi connectivity index (χ3v) is 1.98. The first kappa shape index (κ1) is 10.8. The molecule has 1 rings (SSSR count). The van der Waals surface area contributed by atoms with Crippen molar-refractivity contribution in [1.82, 2.24) is 15.1 Å². The van der Waals surface area contributed by atoms with Gasteiger partial charge in [-0.05, 0) is 6.92 Å². The van der Waals surface area contributed by atoms with Gasteiger partial charge >= 0.3 is 0 Å². The second-order valence-corrected chi connectivity index (χ2v) is 3.24. The van der Waals surface area contributed by atoms with Crippen molar-refractivity contribution in [2.75, 3.05) is 12.3 Å². The highest BCUT2D eigenvalue weighted by Crippen LogP contribution is 2.15. The fourth-order valence-electron chi connectivity index (χ4n) is 1.03. The maximum atomic E-state index is 11.1. The molecule has 0 atom stereocenters. The van der Waals surface area contributed by atoms with E-state index < -0.39 is 0 Å². The zero-order valence-electron chi connectivity index (χ0n) is 7.96. The minimum atomic E-state index is -0.00214. The summed E-state index contributed by atoms with van der Waals surface area (Å²) in [7, 11) is 0. The predicted octanol–water partition coefficient (Wildman–Crippen LogP) is 0.645. The van der Waals surface area contributed by atoms with E-state index in [-0.39, 0.29) is 5.91 Å². The molecule has 1 amide bonds. The van der Waals surface area contributed by atoms with Crippen molar-refractivity contribution >= 4 is 23.3 Å². The van der Waals surface area contributed by atoms with E-state index >= 15 is 0 Å². The van der Waals surface area contributed by atoms with Crippen LogP contribution in [0.4, 0.5) is 5.82 Å². The summed E-state index contributed by atoms with van der Waals surface area (Å²) >= 11 is 5.70. The highest BCUT2D eigenvalue weighted by Gasteiger charge is 2.04. The summed E-state index contributed by atoms with van der Waals surface area (Å²) in [6.45, 7) is 3.00. The van der Waals surface area contributed by atoms with Gasteiger partial charge in [0.2, 0.25) is 5.91 Å². The normalized spacial score (nSPS) is 10.1. The third kappa shape index (κ3) is 2.92. The van der Waals surface area contributed by atoms with E-state index in [9.17, 15) is 4.79 Å². The molecule has 5 nitrogen and oxygen atoms in total. The lowest BCUT2D eigenvalue weighted by atomic mass is 10.4. The number of halogens is 1. The molecule has 14 heavy (non-hydrogen) atoms. The van der Waals surface area contributed by atoms with Gasteiger partial charge in [0.1, 0.15) is 5.02 Å². The molecule has 0 radical (unpaired) electrons. The van der Waals surface area contributed by atoms with Crippen LogP contribution in [0.15, 0.2) is 6.20 Å². The Balaban J connectivity index is 2.42. The fourth-order valence-corrected chi connectivity index (χ4v) is 1.18. The number of carbonyl (C=O) groups excluding carboxylic acids is 1. The van der Waals surface area contributed by atoms with Crippen LogP contribution in [-0.2, 0) is 11.3 Å². The second-order valence-electron chi connectivity index (χ2n) is 2.83. The first-order chi connectivity index (χ1) is 6.63. The number of aromatic nitrogens is 2. The van der Waals surface area contributed by atoms with E-state index in [1.165, 1.54) is 0 Å². The van der Waals surface area contributed by atoms with Gasteiger partial charge in [-0.2, -0.15) is 5.10 Å². The van der Waals surface area contributed by atoms with Crippen molar-refractivity contribution in [3.63, 3.8) is 0 Å². The van der Waals surface area contributed by atoms with Crippen LogP contribution in [-0.4, -0.2) is 22.2 Å². The molecular weight excluding hydrogens is 204 g/mol. The molecule has 0 spiro atoms. The molecule has 0 unspecified atom stereocenters. The fraction of sp³-hybridized carbons (Fsp3) is 0.500. The van der Waals surface area contributed by atoms with Crippen LogP contribution in [0.2, 0.25) is 5.02 Å². The van der Waals surface area contributed by atoms with E-state index in [0.29, 0.717) is 30.4 Å². The SMILES string of the molecule is CCNC(=O)CCn1cc(Cl)c(N)n1. The van der Waals surface area contributed by atoms with E-state index in [2.05, 4.69) is 10.4 Å². The Bertz CT molecular complexity index is 304. The van der Waals surface area contributed by atoms with Crippen LogP contribution in [0, 0.1) is 0 Å². The summed E-state index contributed by atoms with van der Waals surface area (Å²) in [4.78, 5) is 11.1. The number of anilines is 1. The lowest BCUT2D eigenvalue weighted by Crippen LogP contribution is -2.23. The van der Waals surface area contributed by atoms with Crippen LogP contribution in [0.25, 0.3) is 0 Å². The summed E-state index contributed by atoms with van der Waals surface area (Å²) < 4.78 is 1.56. The molecule has 1 aromatic rings. The molecule has 1 aromatic heterocycles. The van der Waals surface area contributed by atoms with Gasteiger partial charge in [-0.25, -0.2) is 0 Å². The monoisotopic (exact) mass is 216 g/mol. The Hall–Kier alpha value is -1.23. The van der Waals surface area contributed by atoms with Crippen molar-refractivity contribution in [1.29, 1.82) is 0 Å². The summed E-state index contributed by atoms with van der Waals surface area (Å²) in [5, 5.41) is 7.04. The zero-order chi connectivity index (χ0) is 10.6. The highest BCUT2D eigenvalue weighted by atomic mass is 35.5. The number of nitrogen functional groups attached to an aromatic ring is 1. The van der Waals surface area contributed by atoms with Crippen LogP contribution >= 0.6 is 11.6 Å². The number of aryl methyl sites for hydroxylation is 1. The van der Waals surface area contributed by atoms with Gasteiger partial charge in [-0.3, -0.25) is 9.48 Å². The third-order valence-electron chi connectivity index (χ3n) is 1.69. The average Bonchev–Trinajstić information content (AvgIpc) is 2.44. The lowest BCUT2D eigenvalue weighted by molar-refractivity contribution is -0.121. The average molecular weight is 217 g/mol. The van der Waals surface area contributed by atoms with Crippen LogP contribution in [0.1, 0.15) is 13.3 Å². The Labute approximate surface area is 87.2 Å². The van der Waals surface area contributed by atoms with Crippen molar-refractivity contribution in [3.8, 4) is 0 Å². The number of hydrogen-bond donors (Lipinski definition) is 2. The van der Waals surface area contributed by atoms with Crippen LogP contribution in [0.3, 0.4) is 0 Å². The lowest BCUT2D eigenvalue weighted by Gasteiger charge is -2.01. The molecule has 0 aromatic carbocycles. The standard InChI is InChI=1S/C8H13ClN4O/c1-2-11-7(14)3-4-13-5-6(9)8(10)12-13/h5H,2-4H2,1H3,(H2,10,12)(H,11,14). The molecule has 0 fully saturated rings. The first-order valence-corrected chi connectivity index (χ1v) is 4.76. The number of nitrogens with two attached hydrogens (primary N) is 1.